The first-order valence-electron chi connectivity index (χ1n) is 5.81. The topological polar surface area (TPSA) is 55.5 Å². The molecule has 0 aromatic rings. The highest BCUT2D eigenvalue weighted by atomic mass is 16.5. The third kappa shape index (κ3) is 4.94. The maximum atomic E-state index is 8.59. The Balaban J connectivity index is 1.91. The van der Waals surface area contributed by atoms with Gasteiger partial charge in [0, 0.05) is 19.3 Å². The first-order chi connectivity index (χ1) is 6.83. The van der Waals surface area contributed by atoms with E-state index in [1.54, 1.807) is 0 Å². The molecule has 0 heterocycles. The van der Waals surface area contributed by atoms with Gasteiger partial charge in [0.2, 0.25) is 0 Å². The zero-order valence-electron chi connectivity index (χ0n) is 8.95. The fraction of sp³-hybridized carbons (Fsp3) is 1.00. The van der Waals surface area contributed by atoms with Crippen LogP contribution in [0.2, 0.25) is 0 Å². The van der Waals surface area contributed by atoms with Crippen molar-refractivity contribution in [2.24, 2.45) is 5.73 Å². The van der Waals surface area contributed by atoms with E-state index in [1.807, 2.05) is 0 Å². The van der Waals surface area contributed by atoms with Crippen LogP contribution < -0.4 is 5.73 Å². The lowest BCUT2D eigenvalue weighted by Gasteiger charge is -2.26. The van der Waals surface area contributed by atoms with Crippen molar-refractivity contribution in [1.29, 1.82) is 0 Å². The summed E-state index contributed by atoms with van der Waals surface area (Å²) < 4.78 is 5.74. The third-order valence-electron chi connectivity index (χ3n) is 2.87. The molecule has 14 heavy (non-hydrogen) atoms. The molecule has 0 radical (unpaired) electrons. The van der Waals surface area contributed by atoms with E-state index < -0.39 is 0 Å². The molecule has 0 aromatic carbocycles. The minimum absolute atomic E-state index is 0.304. The van der Waals surface area contributed by atoms with E-state index >= 15 is 0 Å². The van der Waals surface area contributed by atoms with Gasteiger partial charge in [-0.05, 0) is 44.9 Å². The molecule has 0 amide bonds. The predicted octanol–water partition coefficient (Wildman–Crippen LogP) is 1.44. The number of hydrogen-bond donors (Lipinski definition) is 2. The summed E-state index contributed by atoms with van der Waals surface area (Å²) in [5, 5.41) is 8.59. The van der Waals surface area contributed by atoms with Crippen molar-refractivity contribution in [3.63, 3.8) is 0 Å². The van der Waals surface area contributed by atoms with Crippen molar-refractivity contribution in [3.05, 3.63) is 0 Å². The molecule has 1 aliphatic rings. The van der Waals surface area contributed by atoms with Crippen LogP contribution in [0.4, 0.5) is 0 Å². The molecule has 0 atom stereocenters. The van der Waals surface area contributed by atoms with E-state index in [2.05, 4.69) is 0 Å². The monoisotopic (exact) mass is 201 g/mol. The first kappa shape index (κ1) is 12.0. The summed E-state index contributed by atoms with van der Waals surface area (Å²) in [5.74, 6) is 0. The van der Waals surface area contributed by atoms with Crippen LogP contribution in [0.15, 0.2) is 0 Å². The van der Waals surface area contributed by atoms with E-state index in [0.717, 1.165) is 51.6 Å². The van der Waals surface area contributed by atoms with Gasteiger partial charge in [0.15, 0.2) is 0 Å². The average molecular weight is 201 g/mol. The molecule has 1 aliphatic carbocycles. The van der Waals surface area contributed by atoms with Gasteiger partial charge in [0.25, 0.3) is 0 Å². The zero-order chi connectivity index (χ0) is 10.2. The molecular formula is C11H23NO2. The van der Waals surface area contributed by atoms with E-state index in [-0.39, 0.29) is 0 Å². The predicted molar refractivity (Wildman–Crippen MR) is 57.1 cm³/mol. The summed E-state index contributed by atoms with van der Waals surface area (Å²) >= 11 is 0. The maximum Gasteiger partial charge on any atom is 0.0576 e. The maximum absolute atomic E-state index is 8.59. The Kier molecular flexibility index (Phi) is 6.15. The second-order valence-corrected chi connectivity index (χ2v) is 4.19. The molecule has 0 aromatic heterocycles. The smallest absolute Gasteiger partial charge is 0.0576 e. The van der Waals surface area contributed by atoms with E-state index in [1.165, 1.54) is 0 Å². The lowest BCUT2D eigenvalue weighted by molar-refractivity contribution is 0.0228. The molecule has 3 heteroatoms. The number of unbranched alkanes of at least 4 members (excludes halogenated alkanes) is 2. The second kappa shape index (κ2) is 7.21. The lowest BCUT2D eigenvalue weighted by Crippen LogP contribution is -2.30. The van der Waals surface area contributed by atoms with Gasteiger partial charge in [-0.15, -0.1) is 0 Å². The highest BCUT2D eigenvalue weighted by molar-refractivity contribution is 4.74. The van der Waals surface area contributed by atoms with Gasteiger partial charge in [-0.3, -0.25) is 0 Å². The SMILES string of the molecule is NC1CCC(OCCCCCO)CC1. The Morgan fingerprint density at radius 2 is 1.79 bits per heavy atom. The van der Waals surface area contributed by atoms with E-state index in [9.17, 15) is 0 Å². The summed E-state index contributed by atoms with van der Waals surface area (Å²) in [6.45, 7) is 1.15. The van der Waals surface area contributed by atoms with Crippen LogP contribution in [-0.2, 0) is 4.74 Å². The number of ether oxygens (including phenoxy) is 1. The van der Waals surface area contributed by atoms with E-state index in [0.29, 0.717) is 18.8 Å². The molecule has 0 saturated heterocycles. The number of hydrogen-bond acceptors (Lipinski definition) is 3. The Morgan fingerprint density at radius 3 is 2.43 bits per heavy atom. The van der Waals surface area contributed by atoms with Crippen molar-refractivity contribution < 1.29 is 9.84 Å². The summed E-state index contributed by atoms with van der Waals surface area (Å²) in [6.07, 6.45) is 7.97. The van der Waals surface area contributed by atoms with Crippen LogP contribution in [-0.4, -0.2) is 30.5 Å². The number of nitrogens with two attached hydrogens (primary N) is 1. The van der Waals surface area contributed by atoms with Crippen LogP contribution in [0, 0.1) is 0 Å². The largest absolute Gasteiger partial charge is 0.396 e. The van der Waals surface area contributed by atoms with Crippen LogP contribution in [0.1, 0.15) is 44.9 Å². The fourth-order valence-electron chi connectivity index (χ4n) is 1.90. The van der Waals surface area contributed by atoms with Crippen molar-refractivity contribution in [1.82, 2.24) is 0 Å². The number of rotatable bonds is 6. The molecule has 1 saturated carbocycles. The van der Waals surface area contributed by atoms with Crippen molar-refractivity contribution in [2.75, 3.05) is 13.2 Å². The van der Waals surface area contributed by atoms with Crippen molar-refractivity contribution in [2.45, 2.75) is 57.1 Å². The zero-order valence-corrected chi connectivity index (χ0v) is 8.95. The normalized spacial score (nSPS) is 27.9. The molecule has 0 aliphatic heterocycles. The summed E-state index contributed by atoms with van der Waals surface area (Å²) in [5.41, 5.74) is 5.81. The molecule has 0 spiro atoms. The molecule has 0 unspecified atom stereocenters. The third-order valence-corrected chi connectivity index (χ3v) is 2.87. The first-order valence-corrected chi connectivity index (χ1v) is 5.81. The molecule has 3 N–H and O–H groups in total. The highest BCUT2D eigenvalue weighted by Crippen LogP contribution is 2.19. The van der Waals surface area contributed by atoms with Crippen LogP contribution in [0.25, 0.3) is 0 Å². The number of aliphatic hydroxyl groups is 1. The van der Waals surface area contributed by atoms with Gasteiger partial charge in [0.1, 0.15) is 0 Å². The van der Waals surface area contributed by atoms with Crippen molar-refractivity contribution in [3.8, 4) is 0 Å². The van der Waals surface area contributed by atoms with Gasteiger partial charge in [-0.1, -0.05) is 0 Å². The summed E-state index contributed by atoms with van der Waals surface area (Å²) in [6, 6.07) is 0.407. The molecular weight excluding hydrogens is 178 g/mol. The Bertz CT molecular complexity index is 133. The second-order valence-electron chi connectivity index (χ2n) is 4.19. The fourth-order valence-corrected chi connectivity index (χ4v) is 1.90. The summed E-state index contributed by atoms with van der Waals surface area (Å²) in [4.78, 5) is 0. The Labute approximate surface area is 86.6 Å². The van der Waals surface area contributed by atoms with Crippen LogP contribution in [0.3, 0.4) is 0 Å². The molecule has 0 bridgehead atoms. The van der Waals surface area contributed by atoms with Gasteiger partial charge in [0.05, 0.1) is 6.10 Å². The quantitative estimate of drug-likeness (QED) is 0.639. The molecule has 84 valence electrons. The average Bonchev–Trinajstić information content (AvgIpc) is 2.21. The Morgan fingerprint density at radius 1 is 1.07 bits per heavy atom. The van der Waals surface area contributed by atoms with Crippen LogP contribution >= 0.6 is 0 Å². The molecule has 1 fully saturated rings. The van der Waals surface area contributed by atoms with Gasteiger partial charge < -0.3 is 15.6 Å². The lowest BCUT2D eigenvalue weighted by atomic mass is 9.94. The van der Waals surface area contributed by atoms with Gasteiger partial charge >= 0.3 is 0 Å². The minimum atomic E-state index is 0.304. The van der Waals surface area contributed by atoms with Gasteiger partial charge in [-0.2, -0.15) is 0 Å². The molecule has 1 rings (SSSR count). The van der Waals surface area contributed by atoms with Crippen LogP contribution in [0.5, 0.6) is 0 Å². The highest BCUT2D eigenvalue weighted by Gasteiger charge is 2.18. The van der Waals surface area contributed by atoms with E-state index in [4.69, 9.17) is 15.6 Å². The molecule has 3 nitrogen and oxygen atoms in total. The van der Waals surface area contributed by atoms with Gasteiger partial charge in [-0.25, -0.2) is 0 Å². The minimum Gasteiger partial charge on any atom is -0.396 e. The Hall–Kier alpha value is -0.120. The summed E-state index contributed by atoms with van der Waals surface area (Å²) in [7, 11) is 0. The van der Waals surface area contributed by atoms with Crippen molar-refractivity contribution >= 4 is 0 Å². The number of aliphatic hydroxyl groups excluding tert-OH is 1. The standard InChI is InChI=1S/C11H23NO2/c12-10-4-6-11(7-5-10)14-9-3-1-2-8-13/h10-11,13H,1-9,12H2.